The lowest BCUT2D eigenvalue weighted by Gasteiger charge is -2.22. The number of aliphatic hydroxyl groups excluding tert-OH is 1. The van der Waals surface area contributed by atoms with Gasteiger partial charge in [0.25, 0.3) is 5.78 Å². The van der Waals surface area contributed by atoms with Gasteiger partial charge in [-0.2, -0.15) is 0 Å². The maximum atomic E-state index is 13.4. The molecule has 0 aliphatic carbocycles. The molecular formula is C27H18BrCl2N3O4S2. The molecule has 198 valence electrons. The number of aliphatic hydroxyl groups is 1. The molecule has 0 spiro atoms. The van der Waals surface area contributed by atoms with Crippen LogP contribution in [0.25, 0.3) is 5.76 Å². The molecule has 1 fully saturated rings. The van der Waals surface area contributed by atoms with Crippen molar-refractivity contribution in [3.63, 3.8) is 0 Å². The van der Waals surface area contributed by atoms with Crippen molar-refractivity contribution in [2.75, 3.05) is 12.0 Å². The number of hydrogen-bond donors (Lipinski definition) is 1. The fourth-order valence-electron chi connectivity index (χ4n) is 4.06. The summed E-state index contributed by atoms with van der Waals surface area (Å²) < 4.78 is 6.53. The highest BCUT2D eigenvalue weighted by molar-refractivity contribution is 9.10. The molecule has 0 radical (unpaired) electrons. The van der Waals surface area contributed by atoms with Crippen LogP contribution in [0, 0.1) is 0 Å². The number of Topliss-reactive ketones (excluding diaryl/α,β-unsaturated/α-hetero) is 1. The fourth-order valence-corrected chi connectivity index (χ4v) is 6.91. The van der Waals surface area contributed by atoms with Crippen molar-refractivity contribution in [3.8, 4) is 5.75 Å². The first kappa shape index (κ1) is 27.7. The molecule has 0 bridgehead atoms. The van der Waals surface area contributed by atoms with Gasteiger partial charge in [0.05, 0.1) is 18.7 Å². The summed E-state index contributed by atoms with van der Waals surface area (Å²) in [7, 11) is 1.53. The van der Waals surface area contributed by atoms with Gasteiger partial charge in [0.2, 0.25) is 5.13 Å². The zero-order chi connectivity index (χ0) is 27.7. The van der Waals surface area contributed by atoms with Crippen LogP contribution in [0.15, 0.2) is 81.1 Å². The lowest BCUT2D eigenvalue weighted by Crippen LogP contribution is -2.29. The number of amides is 1. The van der Waals surface area contributed by atoms with Gasteiger partial charge in [-0.05, 0) is 59.7 Å². The molecule has 1 N–H and O–H groups in total. The van der Waals surface area contributed by atoms with Crippen LogP contribution in [0.2, 0.25) is 10.0 Å². The second-order valence-corrected chi connectivity index (χ2v) is 12.3. The third-order valence-corrected chi connectivity index (χ3v) is 9.13. The molecule has 1 aliphatic heterocycles. The number of anilines is 1. The Bertz CT molecular complexity index is 1610. The Balaban J connectivity index is 1.53. The first-order valence-electron chi connectivity index (χ1n) is 11.4. The molecule has 1 aromatic heterocycles. The highest BCUT2D eigenvalue weighted by Gasteiger charge is 2.48. The number of rotatable bonds is 7. The van der Waals surface area contributed by atoms with E-state index in [-0.39, 0.29) is 16.5 Å². The van der Waals surface area contributed by atoms with E-state index in [1.165, 1.54) is 35.1 Å². The molecule has 1 saturated heterocycles. The standard InChI is InChI=1S/C27H18BrCl2N3O4S2/c1-37-19-9-6-14(7-10-19)23(34)21-22(15-3-2-4-17(28)11-15)33(25(36)24(21)35)26-31-32-27(39-26)38-13-16-5-8-18(29)12-20(16)30/h2-12,22,34H,13H2,1H3/b23-21-. The van der Waals surface area contributed by atoms with E-state index in [4.69, 9.17) is 27.9 Å². The largest absolute Gasteiger partial charge is 0.507 e. The van der Waals surface area contributed by atoms with Crippen LogP contribution in [0.4, 0.5) is 5.13 Å². The van der Waals surface area contributed by atoms with Crippen LogP contribution in [0.1, 0.15) is 22.7 Å². The van der Waals surface area contributed by atoms with Crippen LogP contribution < -0.4 is 9.64 Å². The number of thioether (sulfide) groups is 1. The monoisotopic (exact) mass is 661 g/mol. The summed E-state index contributed by atoms with van der Waals surface area (Å²) in [5.41, 5.74) is 1.83. The molecule has 1 aliphatic rings. The van der Waals surface area contributed by atoms with Gasteiger partial charge in [0.15, 0.2) is 4.34 Å². The van der Waals surface area contributed by atoms with Crippen LogP contribution in [0.5, 0.6) is 5.75 Å². The summed E-state index contributed by atoms with van der Waals surface area (Å²) in [5.74, 6) is -0.806. The molecule has 1 unspecified atom stereocenters. The molecule has 0 saturated carbocycles. The number of aromatic nitrogens is 2. The second kappa shape index (κ2) is 11.7. The summed E-state index contributed by atoms with van der Waals surface area (Å²) in [6.07, 6.45) is 0. The lowest BCUT2D eigenvalue weighted by molar-refractivity contribution is -0.132. The Morgan fingerprint density at radius 2 is 1.87 bits per heavy atom. The number of ether oxygens (including phenoxy) is 1. The average Bonchev–Trinajstić information content (AvgIpc) is 3.50. The third-order valence-electron chi connectivity index (χ3n) is 5.94. The van der Waals surface area contributed by atoms with Crippen molar-refractivity contribution in [3.05, 3.63) is 104 Å². The molecule has 1 amide bonds. The average molecular weight is 663 g/mol. The normalized spacial score (nSPS) is 16.6. The smallest absolute Gasteiger partial charge is 0.301 e. The number of methoxy groups -OCH3 is 1. The first-order valence-corrected chi connectivity index (χ1v) is 14.7. The lowest BCUT2D eigenvalue weighted by atomic mass is 9.95. The second-order valence-electron chi connectivity index (χ2n) is 8.33. The van der Waals surface area contributed by atoms with Gasteiger partial charge in [-0.3, -0.25) is 14.5 Å². The van der Waals surface area contributed by atoms with Gasteiger partial charge in [0.1, 0.15) is 11.5 Å². The fraction of sp³-hybridized carbons (Fsp3) is 0.111. The highest BCUT2D eigenvalue weighted by Crippen LogP contribution is 2.44. The van der Waals surface area contributed by atoms with E-state index in [0.29, 0.717) is 37.0 Å². The van der Waals surface area contributed by atoms with Gasteiger partial charge in [-0.25, -0.2) is 0 Å². The van der Waals surface area contributed by atoms with Crippen LogP contribution in [0.3, 0.4) is 0 Å². The van der Waals surface area contributed by atoms with Gasteiger partial charge in [-0.15, -0.1) is 10.2 Å². The van der Waals surface area contributed by atoms with Gasteiger partial charge < -0.3 is 9.84 Å². The Morgan fingerprint density at radius 3 is 2.56 bits per heavy atom. The van der Waals surface area contributed by atoms with Crippen molar-refractivity contribution in [2.24, 2.45) is 0 Å². The number of carbonyl (C=O) groups is 2. The van der Waals surface area contributed by atoms with E-state index < -0.39 is 17.7 Å². The Morgan fingerprint density at radius 1 is 1.10 bits per heavy atom. The Kier molecular flexibility index (Phi) is 8.29. The SMILES string of the molecule is COc1ccc(/C(O)=C2/C(=O)C(=O)N(c3nnc(SCc4ccc(Cl)cc4Cl)s3)C2c2cccc(Br)c2)cc1. The molecule has 7 nitrogen and oxygen atoms in total. The molecule has 39 heavy (non-hydrogen) atoms. The molecule has 3 aromatic carbocycles. The minimum atomic E-state index is -0.916. The van der Waals surface area contributed by atoms with Crippen LogP contribution >= 0.6 is 62.2 Å². The van der Waals surface area contributed by atoms with Crippen molar-refractivity contribution in [1.29, 1.82) is 0 Å². The molecule has 1 atom stereocenters. The molecule has 5 rings (SSSR count). The minimum Gasteiger partial charge on any atom is -0.507 e. The van der Waals surface area contributed by atoms with E-state index in [1.54, 1.807) is 54.6 Å². The third kappa shape index (κ3) is 5.71. The van der Waals surface area contributed by atoms with E-state index >= 15 is 0 Å². The van der Waals surface area contributed by atoms with Crippen molar-refractivity contribution in [2.45, 2.75) is 16.1 Å². The number of carbonyl (C=O) groups excluding carboxylic acids is 2. The Hall–Kier alpha value is -2.89. The van der Waals surface area contributed by atoms with Crippen LogP contribution in [-0.4, -0.2) is 34.1 Å². The van der Waals surface area contributed by atoms with Crippen molar-refractivity contribution in [1.82, 2.24) is 10.2 Å². The number of hydrogen-bond acceptors (Lipinski definition) is 8. The summed E-state index contributed by atoms with van der Waals surface area (Å²) in [6.45, 7) is 0. The summed E-state index contributed by atoms with van der Waals surface area (Å²) >= 11 is 18.3. The quantitative estimate of drug-likeness (QED) is 0.0719. The van der Waals surface area contributed by atoms with Gasteiger partial charge in [-0.1, -0.05) is 80.4 Å². The topological polar surface area (TPSA) is 92.6 Å². The molecule has 4 aromatic rings. The molecule has 2 heterocycles. The number of nitrogens with zero attached hydrogens (tertiary/aromatic N) is 3. The maximum Gasteiger partial charge on any atom is 0.301 e. The van der Waals surface area contributed by atoms with E-state index in [0.717, 1.165) is 10.0 Å². The molecular weight excluding hydrogens is 645 g/mol. The summed E-state index contributed by atoms with van der Waals surface area (Å²) in [4.78, 5) is 28.0. The van der Waals surface area contributed by atoms with Crippen molar-refractivity contribution < 1.29 is 19.4 Å². The minimum absolute atomic E-state index is 0.0411. The van der Waals surface area contributed by atoms with Gasteiger partial charge in [0, 0.05) is 25.8 Å². The zero-order valence-electron chi connectivity index (χ0n) is 20.1. The van der Waals surface area contributed by atoms with Crippen LogP contribution in [-0.2, 0) is 15.3 Å². The van der Waals surface area contributed by atoms with Crippen molar-refractivity contribution >= 4 is 84.8 Å². The van der Waals surface area contributed by atoms with E-state index in [2.05, 4.69) is 26.1 Å². The Labute approximate surface area is 250 Å². The number of benzene rings is 3. The van der Waals surface area contributed by atoms with E-state index in [1.807, 2.05) is 12.1 Å². The number of halogens is 3. The number of ketones is 1. The van der Waals surface area contributed by atoms with Gasteiger partial charge >= 0.3 is 5.91 Å². The maximum absolute atomic E-state index is 13.4. The summed E-state index contributed by atoms with van der Waals surface area (Å²) in [5, 5.41) is 21.1. The predicted molar refractivity (Wildman–Crippen MR) is 158 cm³/mol. The van der Waals surface area contributed by atoms with E-state index in [9.17, 15) is 14.7 Å². The molecule has 12 heteroatoms. The highest BCUT2D eigenvalue weighted by atomic mass is 79.9. The zero-order valence-corrected chi connectivity index (χ0v) is 24.8. The first-order chi connectivity index (χ1) is 18.8. The predicted octanol–water partition coefficient (Wildman–Crippen LogP) is 7.53. The summed E-state index contributed by atoms with van der Waals surface area (Å²) in [6, 6.07) is 18.2.